The van der Waals surface area contributed by atoms with E-state index in [1.165, 1.54) is 6.92 Å². The molecule has 3 N–H and O–H groups in total. The maximum absolute atomic E-state index is 14.0. The molecule has 0 fully saturated rings. The number of nitrogens with one attached hydrogen (secondary N) is 1. The highest BCUT2D eigenvalue weighted by atomic mass is 19.4. The van der Waals surface area contributed by atoms with Gasteiger partial charge in [-0.3, -0.25) is 14.4 Å². The number of amides is 1. The Morgan fingerprint density at radius 3 is 2.36 bits per heavy atom. The number of anilines is 1. The van der Waals surface area contributed by atoms with E-state index in [4.69, 9.17) is 5.73 Å². The van der Waals surface area contributed by atoms with Crippen molar-refractivity contribution in [3.05, 3.63) is 29.6 Å². The largest absolute Gasteiger partial charge is 0.471 e. The smallest absolute Gasteiger partial charge is 0.458 e. The van der Waals surface area contributed by atoms with Crippen molar-refractivity contribution in [3.8, 4) is 0 Å². The van der Waals surface area contributed by atoms with E-state index in [1.54, 1.807) is 5.32 Å². The SMILES string of the molecule is CC(=O)OCC(=O)C[C@](C)(N)c1cc(NC(=O)C(F)(F)F)ccc1F. The van der Waals surface area contributed by atoms with Gasteiger partial charge in [-0.25, -0.2) is 4.39 Å². The van der Waals surface area contributed by atoms with Gasteiger partial charge >= 0.3 is 18.1 Å². The summed E-state index contributed by atoms with van der Waals surface area (Å²) in [4.78, 5) is 33.4. The number of Topliss-reactive ketones (excluding diaryl/α,β-unsaturated/α-hetero) is 1. The van der Waals surface area contributed by atoms with Crippen LogP contribution in [0.15, 0.2) is 18.2 Å². The highest BCUT2D eigenvalue weighted by Gasteiger charge is 2.39. The van der Waals surface area contributed by atoms with Crippen molar-refractivity contribution >= 4 is 23.3 Å². The van der Waals surface area contributed by atoms with Crippen LogP contribution in [0.5, 0.6) is 0 Å². The van der Waals surface area contributed by atoms with Crippen LogP contribution in [0.3, 0.4) is 0 Å². The molecule has 10 heteroatoms. The van der Waals surface area contributed by atoms with Crippen molar-refractivity contribution in [3.63, 3.8) is 0 Å². The van der Waals surface area contributed by atoms with Gasteiger partial charge in [0.2, 0.25) is 0 Å². The lowest BCUT2D eigenvalue weighted by Crippen LogP contribution is -2.38. The van der Waals surface area contributed by atoms with Crippen LogP contribution in [0.25, 0.3) is 0 Å². The minimum atomic E-state index is -5.11. The van der Waals surface area contributed by atoms with Gasteiger partial charge in [-0.1, -0.05) is 0 Å². The third kappa shape index (κ3) is 6.14. The Kier molecular flexibility index (Phi) is 6.25. The molecule has 1 amide bonds. The molecule has 1 aromatic rings. The highest BCUT2D eigenvalue weighted by Crippen LogP contribution is 2.28. The lowest BCUT2D eigenvalue weighted by atomic mass is 9.87. The van der Waals surface area contributed by atoms with E-state index < -0.39 is 48.2 Å². The van der Waals surface area contributed by atoms with Crippen LogP contribution in [-0.2, 0) is 24.7 Å². The standard InChI is InChI=1S/C15H16F4N2O4/c1-8(22)25-7-10(23)6-14(2,20)11-5-9(3-4-12(11)16)21-13(24)15(17,18)19/h3-5H,6-7,20H2,1-2H3,(H,21,24)/t14-/m0/s1. The van der Waals surface area contributed by atoms with E-state index in [0.717, 1.165) is 25.1 Å². The molecule has 0 radical (unpaired) electrons. The summed E-state index contributed by atoms with van der Waals surface area (Å²) in [5.74, 6) is -4.38. The minimum absolute atomic E-state index is 0.274. The number of ether oxygens (including phenoxy) is 1. The molecule has 0 saturated carbocycles. The van der Waals surface area contributed by atoms with E-state index in [9.17, 15) is 31.9 Å². The van der Waals surface area contributed by atoms with Gasteiger partial charge in [0.1, 0.15) is 12.4 Å². The van der Waals surface area contributed by atoms with Crippen molar-refractivity contribution in [2.24, 2.45) is 5.73 Å². The van der Waals surface area contributed by atoms with Crippen LogP contribution in [0.2, 0.25) is 0 Å². The molecule has 6 nitrogen and oxygen atoms in total. The number of halogens is 4. The number of hydrogen-bond donors (Lipinski definition) is 2. The fourth-order valence-electron chi connectivity index (χ4n) is 1.98. The van der Waals surface area contributed by atoms with E-state index in [0.29, 0.717) is 0 Å². The lowest BCUT2D eigenvalue weighted by molar-refractivity contribution is -0.167. The van der Waals surface area contributed by atoms with Crippen molar-refractivity contribution in [2.75, 3.05) is 11.9 Å². The molecule has 0 aromatic heterocycles. The summed E-state index contributed by atoms with van der Waals surface area (Å²) < 4.78 is 55.3. The average Bonchev–Trinajstić information content (AvgIpc) is 2.45. The fourth-order valence-corrected chi connectivity index (χ4v) is 1.98. The zero-order valence-corrected chi connectivity index (χ0v) is 13.4. The summed E-state index contributed by atoms with van der Waals surface area (Å²) >= 11 is 0. The van der Waals surface area contributed by atoms with Crippen LogP contribution >= 0.6 is 0 Å². The molecule has 0 unspecified atom stereocenters. The van der Waals surface area contributed by atoms with Gasteiger partial charge in [0.25, 0.3) is 0 Å². The summed E-state index contributed by atoms with van der Waals surface area (Å²) in [5.41, 5.74) is 3.69. The van der Waals surface area contributed by atoms with Crippen LogP contribution in [0.4, 0.5) is 23.2 Å². The predicted octanol–water partition coefficient (Wildman–Crippen LogP) is 2.02. The van der Waals surface area contributed by atoms with Crippen LogP contribution in [0, 0.1) is 5.82 Å². The molecule has 0 bridgehead atoms. The topological polar surface area (TPSA) is 98.5 Å². The molecular weight excluding hydrogens is 348 g/mol. The first-order valence-electron chi connectivity index (χ1n) is 6.95. The molecule has 0 aliphatic carbocycles. The van der Waals surface area contributed by atoms with Gasteiger partial charge < -0.3 is 15.8 Å². The molecule has 0 heterocycles. The maximum atomic E-state index is 14.0. The second-order valence-corrected chi connectivity index (χ2v) is 5.56. The average molecular weight is 364 g/mol. The van der Waals surface area contributed by atoms with Gasteiger partial charge in [-0.2, -0.15) is 13.2 Å². The molecule has 25 heavy (non-hydrogen) atoms. The van der Waals surface area contributed by atoms with Crippen molar-refractivity contribution in [1.82, 2.24) is 0 Å². The van der Waals surface area contributed by atoms with Gasteiger partial charge in [0.15, 0.2) is 5.78 Å². The second kappa shape index (κ2) is 7.60. The molecular formula is C15H16F4N2O4. The molecule has 1 aromatic carbocycles. The Hall–Kier alpha value is -2.49. The van der Waals surface area contributed by atoms with Gasteiger partial charge in [0.05, 0.1) is 0 Å². The number of ketones is 1. The second-order valence-electron chi connectivity index (χ2n) is 5.56. The first kappa shape index (κ1) is 20.6. The molecule has 0 aliphatic heterocycles. The summed E-state index contributed by atoms with van der Waals surface area (Å²) in [6, 6.07) is 2.67. The number of rotatable bonds is 6. The molecule has 138 valence electrons. The van der Waals surface area contributed by atoms with Crippen molar-refractivity contribution in [2.45, 2.75) is 32.0 Å². The quantitative estimate of drug-likeness (QED) is 0.594. The van der Waals surface area contributed by atoms with Gasteiger partial charge in [-0.15, -0.1) is 0 Å². The Morgan fingerprint density at radius 2 is 1.84 bits per heavy atom. The van der Waals surface area contributed by atoms with Crippen LogP contribution < -0.4 is 11.1 Å². The fraction of sp³-hybridized carbons (Fsp3) is 0.400. The number of hydrogen-bond acceptors (Lipinski definition) is 5. The number of nitrogens with two attached hydrogens (primary N) is 1. The molecule has 1 rings (SSSR count). The lowest BCUT2D eigenvalue weighted by Gasteiger charge is -2.25. The number of alkyl halides is 3. The monoisotopic (exact) mass is 364 g/mol. The van der Waals surface area contributed by atoms with Crippen LogP contribution in [0.1, 0.15) is 25.8 Å². The number of esters is 1. The Balaban J connectivity index is 2.98. The maximum Gasteiger partial charge on any atom is 0.471 e. The zero-order valence-electron chi connectivity index (χ0n) is 13.4. The van der Waals surface area contributed by atoms with E-state index in [1.807, 2.05) is 0 Å². The number of carbonyl (C=O) groups excluding carboxylic acids is 3. The normalized spacial score (nSPS) is 13.7. The van der Waals surface area contributed by atoms with E-state index in [-0.39, 0.29) is 11.3 Å². The number of carbonyl (C=O) groups is 3. The Bertz CT molecular complexity index is 687. The molecule has 0 saturated heterocycles. The summed E-state index contributed by atoms with van der Waals surface area (Å²) in [6.07, 6.45) is -5.55. The summed E-state index contributed by atoms with van der Waals surface area (Å²) in [6.45, 7) is 1.82. The third-order valence-corrected chi connectivity index (χ3v) is 3.10. The molecule has 0 aliphatic rings. The van der Waals surface area contributed by atoms with E-state index >= 15 is 0 Å². The Morgan fingerprint density at radius 1 is 1.24 bits per heavy atom. The highest BCUT2D eigenvalue weighted by molar-refractivity contribution is 5.95. The van der Waals surface area contributed by atoms with Crippen LogP contribution in [-0.4, -0.2) is 30.4 Å². The third-order valence-electron chi connectivity index (χ3n) is 3.10. The van der Waals surface area contributed by atoms with Gasteiger partial charge in [-0.05, 0) is 25.1 Å². The minimum Gasteiger partial charge on any atom is -0.458 e. The van der Waals surface area contributed by atoms with Crippen molar-refractivity contribution < 1.29 is 36.7 Å². The van der Waals surface area contributed by atoms with Crippen molar-refractivity contribution in [1.29, 1.82) is 0 Å². The van der Waals surface area contributed by atoms with E-state index in [2.05, 4.69) is 4.74 Å². The first-order valence-corrected chi connectivity index (χ1v) is 6.95. The Labute approximate surface area is 140 Å². The summed E-state index contributed by atoms with van der Waals surface area (Å²) in [5, 5.41) is 1.57. The number of benzene rings is 1. The zero-order chi connectivity index (χ0) is 19.4. The first-order chi connectivity index (χ1) is 11.3. The summed E-state index contributed by atoms with van der Waals surface area (Å²) in [7, 11) is 0. The van der Waals surface area contributed by atoms with Gasteiger partial charge in [0, 0.05) is 30.1 Å². The molecule has 1 atom stereocenters. The molecule has 0 spiro atoms. The predicted molar refractivity (Wildman–Crippen MR) is 78.9 cm³/mol.